The first-order valence-corrected chi connectivity index (χ1v) is 10.00. The van der Waals surface area contributed by atoms with E-state index in [1.54, 1.807) is 14.2 Å². The standard InChI is InChI=1S/C21H36N4O3.HI/c1-17(16-25-10-12-28-13-11-25)15-23-21(22-2)24(3)9-8-18-6-7-19(26-4)20(14-18)27-5;/h6-7,14,17H,8-13,15-16H2,1-5H3,(H,22,23);1H. The Balaban J connectivity index is 0.00000420. The van der Waals surface area contributed by atoms with Gasteiger partial charge < -0.3 is 24.4 Å². The summed E-state index contributed by atoms with van der Waals surface area (Å²) in [6.45, 7) is 8.90. The molecule has 0 saturated carbocycles. The number of hydrogen-bond donors (Lipinski definition) is 1. The number of nitrogens with zero attached hydrogens (tertiary/aromatic N) is 3. The van der Waals surface area contributed by atoms with Crippen LogP contribution in [0.1, 0.15) is 12.5 Å². The lowest BCUT2D eigenvalue weighted by Gasteiger charge is -2.30. The molecule has 166 valence electrons. The van der Waals surface area contributed by atoms with Gasteiger partial charge in [0, 0.05) is 46.8 Å². The maximum absolute atomic E-state index is 5.42. The molecule has 1 fully saturated rings. The first kappa shape index (κ1) is 25.8. The number of rotatable bonds is 9. The average molecular weight is 520 g/mol. The van der Waals surface area contributed by atoms with E-state index in [2.05, 4.69) is 40.1 Å². The smallest absolute Gasteiger partial charge is 0.193 e. The van der Waals surface area contributed by atoms with E-state index < -0.39 is 0 Å². The van der Waals surface area contributed by atoms with E-state index in [1.165, 1.54) is 5.56 Å². The van der Waals surface area contributed by atoms with Crippen molar-refractivity contribution in [1.29, 1.82) is 0 Å². The van der Waals surface area contributed by atoms with Crippen LogP contribution in [-0.4, -0.2) is 90.0 Å². The Kier molecular flexibility index (Phi) is 12.3. The van der Waals surface area contributed by atoms with Gasteiger partial charge in [0.1, 0.15) is 0 Å². The van der Waals surface area contributed by atoms with Gasteiger partial charge in [0.05, 0.1) is 27.4 Å². The van der Waals surface area contributed by atoms with Crippen molar-refractivity contribution in [3.8, 4) is 11.5 Å². The summed E-state index contributed by atoms with van der Waals surface area (Å²) < 4.78 is 16.1. The van der Waals surface area contributed by atoms with Crippen molar-refractivity contribution >= 4 is 29.9 Å². The molecule has 1 saturated heterocycles. The lowest BCUT2D eigenvalue weighted by molar-refractivity contribution is 0.0320. The number of halogens is 1. The Bertz CT molecular complexity index is 624. The Morgan fingerprint density at radius 3 is 2.55 bits per heavy atom. The van der Waals surface area contributed by atoms with Crippen molar-refractivity contribution in [1.82, 2.24) is 15.1 Å². The number of guanidine groups is 1. The van der Waals surface area contributed by atoms with Crippen molar-refractivity contribution in [2.45, 2.75) is 13.3 Å². The van der Waals surface area contributed by atoms with Gasteiger partial charge in [0.25, 0.3) is 0 Å². The number of likely N-dealkylation sites (N-methyl/N-ethyl adjacent to an activating group) is 1. The number of ether oxygens (including phenoxy) is 3. The molecule has 1 aliphatic rings. The van der Waals surface area contributed by atoms with E-state index in [0.29, 0.717) is 5.92 Å². The molecule has 0 amide bonds. The molecular weight excluding hydrogens is 483 g/mol. The zero-order valence-electron chi connectivity index (χ0n) is 18.4. The maximum atomic E-state index is 5.42. The van der Waals surface area contributed by atoms with Crippen LogP contribution in [0.2, 0.25) is 0 Å². The van der Waals surface area contributed by atoms with Crippen LogP contribution in [0, 0.1) is 5.92 Å². The zero-order chi connectivity index (χ0) is 20.4. The first-order chi connectivity index (χ1) is 13.6. The van der Waals surface area contributed by atoms with Gasteiger partial charge >= 0.3 is 0 Å². The van der Waals surface area contributed by atoms with E-state index in [1.807, 2.05) is 19.2 Å². The average Bonchev–Trinajstić information content (AvgIpc) is 2.73. The van der Waals surface area contributed by atoms with Crippen molar-refractivity contribution in [3.05, 3.63) is 23.8 Å². The number of hydrogen-bond acceptors (Lipinski definition) is 5. The van der Waals surface area contributed by atoms with E-state index in [0.717, 1.165) is 69.8 Å². The van der Waals surface area contributed by atoms with Gasteiger partial charge in [0.15, 0.2) is 17.5 Å². The molecule has 0 aliphatic carbocycles. The highest BCUT2D eigenvalue weighted by atomic mass is 127. The first-order valence-electron chi connectivity index (χ1n) is 10.00. The quantitative estimate of drug-likeness (QED) is 0.307. The minimum absolute atomic E-state index is 0. The highest BCUT2D eigenvalue weighted by molar-refractivity contribution is 14.0. The molecule has 1 aromatic carbocycles. The lowest BCUT2D eigenvalue weighted by Crippen LogP contribution is -2.44. The van der Waals surface area contributed by atoms with Crippen LogP contribution in [0.4, 0.5) is 0 Å². The number of nitrogens with one attached hydrogen (secondary N) is 1. The molecule has 1 atom stereocenters. The summed E-state index contributed by atoms with van der Waals surface area (Å²) in [4.78, 5) is 9.07. The topological polar surface area (TPSA) is 58.6 Å². The van der Waals surface area contributed by atoms with Crippen molar-refractivity contribution in [3.63, 3.8) is 0 Å². The van der Waals surface area contributed by atoms with Gasteiger partial charge in [0.2, 0.25) is 0 Å². The van der Waals surface area contributed by atoms with Crippen LogP contribution in [-0.2, 0) is 11.2 Å². The molecule has 1 aromatic rings. The molecular formula is C21H37IN4O3. The van der Waals surface area contributed by atoms with E-state index in [9.17, 15) is 0 Å². The third-order valence-corrected chi connectivity index (χ3v) is 5.04. The molecule has 0 bridgehead atoms. The minimum atomic E-state index is 0. The summed E-state index contributed by atoms with van der Waals surface area (Å²) in [5, 5.41) is 3.51. The molecule has 1 aliphatic heterocycles. The van der Waals surface area contributed by atoms with Gasteiger partial charge in [-0.15, -0.1) is 24.0 Å². The fraction of sp³-hybridized carbons (Fsp3) is 0.667. The summed E-state index contributed by atoms with van der Waals surface area (Å²) >= 11 is 0. The molecule has 0 aromatic heterocycles. The Hall–Kier alpha value is -1.26. The number of morpholine rings is 1. The summed E-state index contributed by atoms with van der Waals surface area (Å²) in [6.07, 6.45) is 0.904. The molecule has 0 radical (unpaired) electrons. The highest BCUT2D eigenvalue weighted by Gasteiger charge is 2.15. The largest absolute Gasteiger partial charge is 0.493 e. The second-order valence-corrected chi connectivity index (χ2v) is 7.31. The molecule has 1 unspecified atom stereocenters. The molecule has 29 heavy (non-hydrogen) atoms. The van der Waals surface area contributed by atoms with Crippen LogP contribution in [0.25, 0.3) is 0 Å². The Morgan fingerprint density at radius 1 is 1.24 bits per heavy atom. The third-order valence-electron chi connectivity index (χ3n) is 5.04. The number of methoxy groups -OCH3 is 2. The Labute approximate surface area is 192 Å². The van der Waals surface area contributed by atoms with Gasteiger partial charge in [-0.2, -0.15) is 0 Å². The van der Waals surface area contributed by atoms with Crippen LogP contribution in [0.3, 0.4) is 0 Å². The second kappa shape index (κ2) is 13.9. The second-order valence-electron chi connectivity index (χ2n) is 7.31. The monoisotopic (exact) mass is 520 g/mol. The predicted octanol–water partition coefficient (Wildman–Crippen LogP) is 2.34. The van der Waals surface area contributed by atoms with Crippen molar-refractivity contribution < 1.29 is 14.2 Å². The highest BCUT2D eigenvalue weighted by Crippen LogP contribution is 2.27. The van der Waals surface area contributed by atoms with Gasteiger partial charge in [-0.25, -0.2) is 0 Å². The van der Waals surface area contributed by atoms with Gasteiger partial charge in [-0.3, -0.25) is 9.89 Å². The predicted molar refractivity (Wildman–Crippen MR) is 129 cm³/mol. The number of aliphatic imine (C=N–C) groups is 1. The van der Waals surface area contributed by atoms with E-state index >= 15 is 0 Å². The van der Waals surface area contributed by atoms with Crippen molar-refractivity contribution in [2.75, 3.05) is 74.3 Å². The zero-order valence-corrected chi connectivity index (χ0v) is 20.8. The van der Waals surface area contributed by atoms with Crippen LogP contribution in [0.5, 0.6) is 11.5 Å². The van der Waals surface area contributed by atoms with Crippen LogP contribution in [0.15, 0.2) is 23.2 Å². The van der Waals surface area contributed by atoms with Gasteiger partial charge in [-0.05, 0) is 30.0 Å². The van der Waals surface area contributed by atoms with Crippen molar-refractivity contribution in [2.24, 2.45) is 10.9 Å². The molecule has 8 heteroatoms. The fourth-order valence-electron chi connectivity index (χ4n) is 3.38. The van der Waals surface area contributed by atoms with Crippen LogP contribution >= 0.6 is 24.0 Å². The summed E-state index contributed by atoms with van der Waals surface area (Å²) in [5.74, 6) is 3.00. The van der Waals surface area contributed by atoms with E-state index in [-0.39, 0.29) is 24.0 Å². The van der Waals surface area contributed by atoms with Gasteiger partial charge in [-0.1, -0.05) is 13.0 Å². The fourth-order valence-corrected chi connectivity index (χ4v) is 3.38. The molecule has 1 heterocycles. The normalized spacial score (nSPS) is 16.0. The molecule has 0 spiro atoms. The lowest BCUT2D eigenvalue weighted by atomic mass is 10.1. The summed E-state index contributed by atoms with van der Waals surface area (Å²) in [6, 6.07) is 6.07. The number of benzene rings is 1. The molecule has 7 nitrogen and oxygen atoms in total. The maximum Gasteiger partial charge on any atom is 0.193 e. The minimum Gasteiger partial charge on any atom is -0.493 e. The third kappa shape index (κ3) is 8.55. The summed E-state index contributed by atoms with van der Waals surface area (Å²) in [7, 11) is 7.23. The van der Waals surface area contributed by atoms with E-state index in [4.69, 9.17) is 14.2 Å². The van der Waals surface area contributed by atoms with Crippen LogP contribution < -0.4 is 14.8 Å². The molecule has 2 rings (SSSR count). The summed E-state index contributed by atoms with van der Waals surface area (Å²) in [5.41, 5.74) is 1.21. The SMILES string of the molecule is CN=C(NCC(C)CN1CCOCC1)N(C)CCc1ccc(OC)c(OC)c1.I. The Morgan fingerprint density at radius 2 is 1.93 bits per heavy atom. The molecule has 1 N–H and O–H groups in total.